The third kappa shape index (κ3) is 3.75. The Kier molecular flexibility index (Phi) is 4.20. The summed E-state index contributed by atoms with van der Waals surface area (Å²) in [6.45, 7) is 5.69. The standard InChI is InChI=1S/C10H18N2O/c1-8(6-11)7-12-10-3-4-13-9(2)5-10/h8-10,12H,3-5,7H2,1-2H3. The van der Waals surface area contributed by atoms with Crippen molar-refractivity contribution in [2.45, 2.75) is 38.8 Å². The van der Waals surface area contributed by atoms with Crippen molar-refractivity contribution in [3.05, 3.63) is 0 Å². The Hall–Kier alpha value is -0.590. The number of ether oxygens (including phenoxy) is 1. The maximum absolute atomic E-state index is 8.60. The summed E-state index contributed by atoms with van der Waals surface area (Å²) in [5, 5.41) is 12.0. The van der Waals surface area contributed by atoms with Crippen molar-refractivity contribution >= 4 is 0 Å². The van der Waals surface area contributed by atoms with Crippen LogP contribution in [-0.2, 0) is 4.74 Å². The van der Waals surface area contributed by atoms with Gasteiger partial charge in [-0.3, -0.25) is 0 Å². The van der Waals surface area contributed by atoms with Crippen molar-refractivity contribution in [1.82, 2.24) is 5.32 Å². The molecule has 74 valence electrons. The molecular formula is C10H18N2O. The average molecular weight is 182 g/mol. The Bertz CT molecular complexity index is 188. The van der Waals surface area contributed by atoms with Gasteiger partial charge in [0.2, 0.25) is 0 Å². The Labute approximate surface area is 80.1 Å². The van der Waals surface area contributed by atoms with Gasteiger partial charge in [0.25, 0.3) is 0 Å². The molecule has 0 aromatic rings. The lowest BCUT2D eigenvalue weighted by Gasteiger charge is -2.28. The monoisotopic (exact) mass is 182 g/mol. The van der Waals surface area contributed by atoms with Gasteiger partial charge < -0.3 is 10.1 Å². The summed E-state index contributed by atoms with van der Waals surface area (Å²) in [6, 6.07) is 2.76. The van der Waals surface area contributed by atoms with E-state index in [0.717, 1.165) is 26.0 Å². The van der Waals surface area contributed by atoms with Gasteiger partial charge in [0, 0.05) is 19.2 Å². The highest BCUT2D eigenvalue weighted by Crippen LogP contribution is 2.13. The molecule has 0 saturated carbocycles. The van der Waals surface area contributed by atoms with Crippen molar-refractivity contribution in [2.24, 2.45) is 5.92 Å². The molecule has 0 aromatic carbocycles. The molecule has 3 nitrogen and oxygen atoms in total. The Morgan fingerprint density at radius 3 is 3.08 bits per heavy atom. The molecule has 1 rings (SSSR count). The molecule has 0 spiro atoms. The number of hydrogen-bond donors (Lipinski definition) is 1. The highest BCUT2D eigenvalue weighted by molar-refractivity contribution is 4.83. The SMILES string of the molecule is CC(C#N)CNC1CCOC(C)C1. The third-order valence-electron chi connectivity index (χ3n) is 2.42. The van der Waals surface area contributed by atoms with E-state index in [1.165, 1.54) is 0 Å². The second kappa shape index (κ2) is 5.21. The first-order valence-electron chi connectivity index (χ1n) is 4.97. The second-order valence-electron chi connectivity index (χ2n) is 3.84. The maximum atomic E-state index is 8.60. The van der Waals surface area contributed by atoms with E-state index in [0.29, 0.717) is 12.1 Å². The first-order valence-corrected chi connectivity index (χ1v) is 4.97. The summed E-state index contributed by atoms with van der Waals surface area (Å²) in [4.78, 5) is 0. The molecule has 1 saturated heterocycles. The molecule has 0 radical (unpaired) electrons. The van der Waals surface area contributed by atoms with E-state index in [4.69, 9.17) is 10.00 Å². The highest BCUT2D eigenvalue weighted by atomic mass is 16.5. The zero-order valence-corrected chi connectivity index (χ0v) is 8.42. The molecule has 0 amide bonds. The fourth-order valence-corrected chi connectivity index (χ4v) is 1.57. The van der Waals surface area contributed by atoms with Crippen molar-refractivity contribution in [1.29, 1.82) is 5.26 Å². The second-order valence-corrected chi connectivity index (χ2v) is 3.84. The van der Waals surface area contributed by atoms with E-state index in [1.54, 1.807) is 0 Å². The number of nitrogens with zero attached hydrogens (tertiary/aromatic N) is 1. The molecule has 0 aliphatic carbocycles. The third-order valence-corrected chi connectivity index (χ3v) is 2.42. The highest BCUT2D eigenvalue weighted by Gasteiger charge is 2.18. The summed E-state index contributed by atoms with van der Waals surface area (Å²) in [7, 11) is 0. The van der Waals surface area contributed by atoms with Crippen LogP contribution < -0.4 is 5.32 Å². The number of hydrogen-bond acceptors (Lipinski definition) is 3. The fourth-order valence-electron chi connectivity index (χ4n) is 1.57. The van der Waals surface area contributed by atoms with Gasteiger partial charge in [-0.1, -0.05) is 0 Å². The zero-order chi connectivity index (χ0) is 9.68. The van der Waals surface area contributed by atoms with Crippen LogP contribution in [0.3, 0.4) is 0 Å². The summed E-state index contributed by atoms with van der Waals surface area (Å²) in [5.41, 5.74) is 0. The largest absolute Gasteiger partial charge is 0.378 e. The summed E-state index contributed by atoms with van der Waals surface area (Å²) >= 11 is 0. The van der Waals surface area contributed by atoms with Crippen LogP contribution in [0.5, 0.6) is 0 Å². The lowest BCUT2D eigenvalue weighted by molar-refractivity contribution is 0.0131. The van der Waals surface area contributed by atoms with E-state index < -0.39 is 0 Å². The van der Waals surface area contributed by atoms with Crippen LogP contribution in [0.4, 0.5) is 0 Å². The molecule has 1 heterocycles. The van der Waals surface area contributed by atoms with Crippen molar-refractivity contribution in [3.8, 4) is 6.07 Å². The van der Waals surface area contributed by atoms with E-state index in [-0.39, 0.29) is 5.92 Å². The van der Waals surface area contributed by atoms with E-state index >= 15 is 0 Å². The van der Waals surface area contributed by atoms with E-state index in [1.807, 2.05) is 6.92 Å². The van der Waals surface area contributed by atoms with Gasteiger partial charge in [-0.2, -0.15) is 5.26 Å². The molecule has 13 heavy (non-hydrogen) atoms. The van der Waals surface area contributed by atoms with Crippen molar-refractivity contribution in [3.63, 3.8) is 0 Å². The smallest absolute Gasteiger partial charge is 0.0666 e. The topological polar surface area (TPSA) is 45.0 Å². The quantitative estimate of drug-likeness (QED) is 0.715. The van der Waals surface area contributed by atoms with Crippen LogP contribution in [0, 0.1) is 17.2 Å². The van der Waals surface area contributed by atoms with Crippen molar-refractivity contribution in [2.75, 3.05) is 13.2 Å². The van der Waals surface area contributed by atoms with E-state index in [2.05, 4.69) is 18.3 Å². The Morgan fingerprint density at radius 1 is 1.69 bits per heavy atom. The minimum absolute atomic E-state index is 0.109. The maximum Gasteiger partial charge on any atom is 0.0666 e. The van der Waals surface area contributed by atoms with Crippen LogP contribution in [0.2, 0.25) is 0 Å². The number of rotatable bonds is 3. The summed E-state index contributed by atoms with van der Waals surface area (Å²) < 4.78 is 5.44. The van der Waals surface area contributed by atoms with Gasteiger partial charge in [0.05, 0.1) is 18.1 Å². The van der Waals surface area contributed by atoms with E-state index in [9.17, 15) is 0 Å². The molecule has 1 aliphatic rings. The normalized spacial score (nSPS) is 30.8. The van der Waals surface area contributed by atoms with Crippen LogP contribution in [-0.4, -0.2) is 25.3 Å². The van der Waals surface area contributed by atoms with Gasteiger partial charge in [0.1, 0.15) is 0 Å². The molecule has 3 unspecified atom stereocenters. The predicted molar refractivity (Wildman–Crippen MR) is 51.2 cm³/mol. The minimum atomic E-state index is 0.109. The molecule has 3 atom stereocenters. The molecule has 1 fully saturated rings. The predicted octanol–water partition coefficient (Wildman–Crippen LogP) is 1.30. The minimum Gasteiger partial charge on any atom is -0.378 e. The molecule has 1 N–H and O–H groups in total. The van der Waals surface area contributed by atoms with Crippen molar-refractivity contribution < 1.29 is 4.74 Å². The molecule has 3 heteroatoms. The lowest BCUT2D eigenvalue weighted by atomic mass is 10.0. The molecule has 0 bridgehead atoms. The molecular weight excluding hydrogens is 164 g/mol. The number of nitrogens with one attached hydrogen (secondary N) is 1. The number of nitriles is 1. The van der Waals surface area contributed by atoms with Gasteiger partial charge in [-0.15, -0.1) is 0 Å². The first kappa shape index (κ1) is 10.5. The summed E-state index contributed by atoms with van der Waals surface area (Å²) in [5.74, 6) is 0.109. The molecule has 1 aliphatic heterocycles. The first-order chi connectivity index (χ1) is 6.22. The van der Waals surface area contributed by atoms with Gasteiger partial charge >= 0.3 is 0 Å². The van der Waals surface area contributed by atoms with Crippen LogP contribution in [0.1, 0.15) is 26.7 Å². The fraction of sp³-hybridized carbons (Fsp3) is 0.900. The van der Waals surface area contributed by atoms with Crippen LogP contribution in [0.15, 0.2) is 0 Å². The Morgan fingerprint density at radius 2 is 2.46 bits per heavy atom. The zero-order valence-electron chi connectivity index (χ0n) is 8.42. The van der Waals surface area contributed by atoms with Gasteiger partial charge in [-0.05, 0) is 26.7 Å². The van der Waals surface area contributed by atoms with Gasteiger partial charge in [0.15, 0.2) is 0 Å². The Balaban J connectivity index is 2.17. The van der Waals surface area contributed by atoms with Gasteiger partial charge in [-0.25, -0.2) is 0 Å². The summed E-state index contributed by atoms with van der Waals surface area (Å²) in [6.07, 6.45) is 2.50. The lowest BCUT2D eigenvalue weighted by Crippen LogP contribution is -2.39. The average Bonchev–Trinajstić information content (AvgIpc) is 2.14. The van der Waals surface area contributed by atoms with Crippen LogP contribution in [0.25, 0.3) is 0 Å². The molecule has 0 aromatic heterocycles. The van der Waals surface area contributed by atoms with Crippen LogP contribution >= 0.6 is 0 Å².